The number of primary amides is 2. The molecule has 13 heteroatoms. The molecule has 4 aliphatic rings. The SMILES string of the molecule is CCC1CCC(Oc2ncnc3sc4c(c23)[C@@H](CCC(N)=O)CCC4)CC1.CN(C)C1CCC(Oc2ncnc3sc4c(c23)[C@@H](CCC(N)=O)CCC4)CC1. The van der Waals surface area contributed by atoms with E-state index in [9.17, 15) is 9.59 Å². The third kappa shape index (κ3) is 9.42. The minimum atomic E-state index is -0.225. The topological polar surface area (TPSA) is 159 Å². The van der Waals surface area contributed by atoms with Gasteiger partial charge in [0.15, 0.2) is 0 Å². The van der Waals surface area contributed by atoms with Crippen LogP contribution in [0.4, 0.5) is 0 Å². The summed E-state index contributed by atoms with van der Waals surface area (Å²) in [5.74, 6) is 2.61. The summed E-state index contributed by atoms with van der Waals surface area (Å²) in [5.41, 5.74) is 13.5. The minimum absolute atomic E-state index is 0.220. The third-order valence-corrected chi connectivity index (χ3v) is 15.0. The van der Waals surface area contributed by atoms with Crippen molar-refractivity contribution in [1.82, 2.24) is 24.8 Å². The predicted octanol–water partition coefficient (Wildman–Crippen LogP) is 8.35. The number of aromatic nitrogens is 4. The van der Waals surface area contributed by atoms with Gasteiger partial charge in [-0.2, -0.15) is 0 Å². The predicted molar refractivity (Wildman–Crippen MR) is 220 cm³/mol. The zero-order valence-electron chi connectivity index (χ0n) is 32.9. The number of thiophene rings is 2. The summed E-state index contributed by atoms with van der Waals surface area (Å²) in [4.78, 5) is 47.9. The number of rotatable bonds is 12. The molecule has 8 rings (SSSR count). The van der Waals surface area contributed by atoms with Gasteiger partial charge < -0.3 is 25.8 Å². The Morgan fingerprint density at radius 1 is 0.691 bits per heavy atom. The molecular formula is C42H59N7O4S2. The highest BCUT2D eigenvalue weighted by Gasteiger charge is 2.32. The largest absolute Gasteiger partial charge is 0.474 e. The van der Waals surface area contributed by atoms with Crippen molar-refractivity contribution in [2.45, 2.75) is 159 Å². The Bertz CT molecular complexity index is 1930. The highest BCUT2D eigenvalue weighted by molar-refractivity contribution is 7.19. The van der Waals surface area contributed by atoms with Crippen molar-refractivity contribution in [3.63, 3.8) is 0 Å². The Morgan fingerprint density at radius 3 is 1.56 bits per heavy atom. The van der Waals surface area contributed by atoms with Gasteiger partial charge in [-0.1, -0.05) is 13.3 Å². The molecule has 2 atom stereocenters. The van der Waals surface area contributed by atoms with E-state index in [4.69, 9.17) is 20.9 Å². The summed E-state index contributed by atoms with van der Waals surface area (Å²) in [6, 6.07) is 0.650. The van der Waals surface area contributed by atoms with Gasteiger partial charge in [0, 0.05) is 28.6 Å². The lowest BCUT2D eigenvalue weighted by Crippen LogP contribution is -2.35. The lowest BCUT2D eigenvalue weighted by molar-refractivity contribution is -0.119. The Morgan fingerprint density at radius 2 is 1.15 bits per heavy atom. The standard InChI is InChI=1S/C21H30N4O2S.C21H29N3O2S/c1-25(2)14-7-9-15(10-8-14)27-20-19-18-13(6-11-17(22)26)4-3-5-16(18)28-21(19)24-12-23-20;1-2-13-6-9-15(10-7-13)26-20-19-18-14(8-11-17(22)25)4-3-5-16(18)27-21(19)24-12-23-20/h12-15H,3-11H2,1-2H3,(H2,22,26);12-15H,2-11H2,1H3,(H2,22,25)/t13-,14?,15?;13?,14-,15?/m11/s1. The normalized spacial score (nSPS) is 25.2. The highest BCUT2D eigenvalue weighted by Crippen LogP contribution is 2.48. The Kier molecular flexibility index (Phi) is 13.2. The first-order valence-electron chi connectivity index (χ1n) is 20.8. The van der Waals surface area contributed by atoms with Crippen LogP contribution in [-0.4, -0.2) is 69.0 Å². The second-order valence-corrected chi connectivity index (χ2v) is 18.6. The molecule has 298 valence electrons. The van der Waals surface area contributed by atoms with Crippen LogP contribution in [0.2, 0.25) is 0 Å². The molecule has 0 saturated heterocycles. The molecular weight excluding hydrogens is 731 g/mol. The van der Waals surface area contributed by atoms with Gasteiger partial charge in [-0.3, -0.25) is 9.59 Å². The second kappa shape index (κ2) is 18.2. The van der Waals surface area contributed by atoms with Crippen molar-refractivity contribution in [3.8, 4) is 11.8 Å². The number of carbonyl (C=O) groups is 2. The summed E-state index contributed by atoms with van der Waals surface area (Å²) in [7, 11) is 4.31. The Labute approximate surface area is 333 Å². The molecule has 2 saturated carbocycles. The quantitative estimate of drug-likeness (QED) is 0.144. The van der Waals surface area contributed by atoms with Crippen LogP contribution in [-0.2, 0) is 22.4 Å². The highest BCUT2D eigenvalue weighted by atomic mass is 32.1. The average molecular weight is 790 g/mol. The summed E-state index contributed by atoms with van der Waals surface area (Å²) in [6.45, 7) is 2.28. The smallest absolute Gasteiger partial charge is 0.225 e. The fraction of sp³-hybridized carbons (Fsp3) is 0.667. The maximum Gasteiger partial charge on any atom is 0.225 e. The van der Waals surface area contributed by atoms with E-state index in [0.29, 0.717) is 30.7 Å². The fourth-order valence-corrected chi connectivity index (χ4v) is 12.0. The molecule has 55 heavy (non-hydrogen) atoms. The number of aryl methyl sites for hydroxylation is 2. The summed E-state index contributed by atoms with van der Waals surface area (Å²) in [6.07, 6.45) is 23.3. The number of fused-ring (bicyclic) bond motifs is 6. The first kappa shape index (κ1) is 39.8. The molecule has 0 unspecified atom stereocenters. The Balaban J connectivity index is 0.000000169. The van der Waals surface area contributed by atoms with Gasteiger partial charge in [0.05, 0.1) is 10.8 Å². The molecule has 0 aromatic carbocycles. The van der Waals surface area contributed by atoms with Gasteiger partial charge in [0.1, 0.15) is 34.5 Å². The van der Waals surface area contributed by atoms with E-state index in [1.165, 1.54) is 40.1 Å². The second-order valence-electron chi connectivity index (χ2n) is 16.5. The molecule has 2 amide bonds. The van der Waals surface area contributed by atoms with Crippen LogP contribution in [0.15, 0.2) is 12.7 Å². The molecule has 2 fully saturated rings. The van der Waals surface area contributed by atoms with Crippen LogP contribution in [0.25, 0.3) is 20.4 Å². The lowest BCUT2D eigenvalue weighted by Gasteiger charge is -2.32. The minimum Gasteiger partial charge on any atom is -0.474 e. The van der Waals surface area contributed by atoms with E-state index in [2.05, 4.69) is 45.9 Å². The third-order valence-electron chi connectivity index (χ3n) is 12.6. The van der Waals surface area contributed by atoms with E-state index >= 15 is 0 Å². The van der Waals surface area contributed by atoms with Gasteiger partial charge in [0.25, 0.3) is 0 Å². The van der Waals surface area contributed by atoms with E-state index in [1.807, 2.05) is 0 Å². The maximum absolute atomic E-state index is 11.3. The van der Waals surface area contributed by atoms with Gasteiger partial charge >= 0.3 is 0 Å². The molecule has 4 aromatic heterocycles. The van der Waals surface area contributed by atoms with Crippen LogP contribution in [0.5, 0.6) is 11.8 Å². The molecule has 4 aliphatic carbocycles. The summed E-state index contributed by atoms with van der Waals surface area (Å²) < 4.78 is 12.9. The van der Waals surface area contributed by atoms with Crippen molar-refractivity contribution in [2.24, 2.45) is 17.4 Å². The monoisotopic (exact) mass is 789 g/mol. The van der Waals surface area contributed by atoms with E-state index in [-0.39, 0.29) is 24.0 Å². The number of hydrogen-bond donors (Lipinski definition) is 2. The number of hydrogen-bond acceptors (Lipinski definition) is 11. The zero-order chi connectivity index (χ0) is 38.5. The molecule has 11 nitrogen and oxygen atoms in total. The first-order valence-corrected chi connectivity index (χ1v) is 22.4. The van der Waals surface area contributed by atoms with Gasteiger partial charge in [0.2, 0.25) is 23.6 Å². The maximum atomic E-state index is 11.3. The number of nitrogens with two attached hydrogens (primary N) is 2. The zero-order valence-corrected chi connectivity index (χ0v) is 34.5. The van der Waals surface area contributed by atoms with Crippen molar-refractivity contribution in [1.29, 1.82) is 0 Å². The number of ether oxygens (including phenoxy) is 2. The molecule has 0 bridgehead atoms. The van der Waals surface area contributed by atoms with E-state index < -0.39 is 0 Å². The van der Waals surface area contributed by atoms with Crippen LogP contribution < -0.4 is 20.9 Å². The van der Waals surface area contributed by atoms with Gasteiger partial charge in [-0.15, -0.1) is 22.7 Å². The Hall–Kier alpha value is -3.42. The molecule has 4 heterocycles. The van der Waals surface area contributed by atoms with Crippen LogP contribution in [0, 0.1) is 5.92 Å². The molecule has 0 spiro atoms. The summed E-state index contributed by atoms with van der Waals surface area (Å²) >= 11 is 3.53. The van der Waals surface area contributed by atoms with Crippen molar-refractivity contribution in [2.75, 3.05) is 14.1 Å². The van der Waals surface area contributed by atoms with Crippen LogP contribution in [0.1, 0.15) is 149 Å². The number of nitrogens with zero attached hydrogens (tertiary/aromatic N) is 5. The lowest BCUT2D eigenvalue weighted by atomic mass is 9.83. The van der Waals surface area contributed by atoms with E-state index in [1.54, 1.807) is 35.3 Å². The molecule has 0 radical (unpaired) electrons. The van der Waals surface area contributed by atoms with Gasteiger partial charge in [-0.25, -0.2) is 19.9 Å². The van der Waals surface area contributed by atoms with Crippen LogP contribution in [0.3, 0.4) is 0 Å². The molecule has 4 aromatic rings. The van der Waals surface area contributed by atoms with Crippen LogP contribution >= 0.6 is 22.7 Å². The fourth-order valence-electron chi connectivity index (χ4n) is 9.53. The number of amides is 2. The number of carbonyl (C=O) groups excluding carboxylic acids is 2. The van der Waals surface area contributed by atoms with Crippen molar-refractivity contribution >= 4 is 54.9 Å². The molecule has 0 aliphatic heterocycles. The van der Waals surface area contributed by atoms with Crippen molar-refractivity contribution in [3.05, 3.63) is 33.5 Å². The average Bonchev–Trinajstić information content (AvgIpc) is 3.77. The molecule has 4 N–H and O–H groups in total. The van der Waals surface area contributed by atoms with E-state index in [0.717, 1.165) is 128 Å². The first-order chi connectivity index (χ1) is 26.7. The van der Waals surface area contributed by atoms with Crippen molar-refractivity contribution < 1.29 is 19.1 Å². The van der Waals surface area contributed by atoms with Gasteiger partial charge in [-0.05, 0) is 146 Å². The summed E-state index contributed by atoms with van der Waals surface area (Å²) in [5, 5.41) is 2.19.